The van der Waals surface area contributed by atoms with Gasteiger partial charge in [0.05, 0.1) is 17.9 Å². The van der Waals surface area contributed by atoms with Crippen LogP contribution in [-0.4, -0.2) is 15.5 Å². The molecule has 0 atom stereocenters. The lowest BCUT2D eigenvalue weighted by atomic mass is 10.2. The number of nitrogens with zero attached hydrogens (tertiary/aromatic N) is 2. The van der Waals surface area contributed by atoms with Gasteiger partial charge < -0.3 is 16.0 Å². The number of benzene rings is 2. The molecule has 0 spiro atoms. The van der Waals surface area contributed by atoms with Crippen LogP contribution in [0.5, 0.6) is 0 Å². The van der Waals surface area contributed by atoms with E-state index >= 15 is 0 Å². The molecule has 1 heterocycles. The molecule has 0 aliphatic heterocycles. The average Bonchev–Trinajstić information content (AvgIpc) is 2.93. The lowest BCUT2D eigenvalue weighted by molar-refractivity contribution is 0.0997. The number of primary amides is 1. The van der Waals surface area contributed by atoms with Gasteiger partial charge in [0.1, 0.15) is 5.82 Å². The lowest BCUT2D eigenvalue weighted by Crippen LogP contribution is -2.14. The molecular formula is C17H14Cl2N4OS. The maximum atomic E-state index is 11.2. The number of halogens is 2. The van der Waals surface area contributed by atoms with E-state index in [0.29, 0.717) is 16.6 Å². The van der Waals surface area contributed by atoms with E-state index in [2.05, 4.69) is 4.98 Å². The van der Waals surface area contributed by atoms with Crippen LogP contribution in [-0.2, 0) is 6.54 Å². The summed E-state index contributed by atoms with van der Waals surface area (Å²) in [5, 5.41) is 1.32. The van der Waals surface area contributed by atoms with Crippen LogP contribution in [0.1, 0.15) is 16.1 Å². The van der Waals surface area contributed by atoms with Gasteiger partial charge in [0.15, 0.2) is 5.69 Å². The fraction of sp³-hybridized carbons (Fsp3) is 0.0588. The Hall–Kier alpha value is -2.15. The lowest BCUT2D eigenvalue weighted by Gasteiger charge is -2.09. The Labute approximate surface area is 158 Å². The minimum Gasteiger partial charge on any atom is -0.383 e. The van der Waals surface area contributed by atoms with Gasteiger partial charge in [-0.1, -0.05) is 41.0 Å². The monoisotopic (exact) mass is 392 g/mol. The number of carbonyl (C=O) groups excluding carboxylic acids is 1. The Morgan fingerprint density at radius 2 is 1.88 bits per heavy atom. The maximum absolute atomic E-state index is 11.2. The molecule has 0 bridgehead atoms. The molecule has 128 valence electrons. The highest BCUT2D eigenvalue weighted by Gasteiger charge is 2.13. The molecule has 1 aromatic heterocycles. The minimum absolute atomic E-state index is 0.0704. The molecule has 2 aromatic carbocycles. The number of carbonyl (C=O) groups is 1. The number of aromatic nitrogens is 2. The molecule has 0 unspecified atom stereocenters. The highest BCUT2D eigenvalue weighted by atomic mass is 35.5. The zero-order valence-electron chi connectivity index (χ0n) is 12.9. The maximum Gasteiger partial charge on any atom is 0.271 e. The van der Waals surface area contributed by atoms with Crippen molar-refractivity contribution in [1.82, 2.24) is 9.55 Å². The fourth-order valence-corrected chi connectivity index (χ4v) is 3.52. The molecule has 5 nitrogen and oxygen atoms in total. The summed E-state index contributed by atoms with van der Waals surface area (Å²) in [5.41, 5.74) is 12.1. The first kappa shape index (κ1) is 17.7. The first-order valence-electron chi connectivity index (χ1n) is 7.26. The predicted octanol–water partition coefficient (Wildman–Crippen LogP) is 4.07. The number of rotatable bonds is 5. The Morgan fingerprint density at radius 1 is 1.16 bits per heavy atom. The summed E-state index contributed by atoms with van der Waals surface area (Å²) in [6.45, 7) is 0.442. The quantitative estimate of drug-likeness (QED) is 0.684. The summed E-state index contributed by atoms with van der Waals surface area (Å²) in [6.07, 6.45) is 1.49. The molecule has 0 saturated heterocycles. The summed E-state index contributed by atoms with van der Waals surface area (Å²) in [6, 6.07) is 13.3. The number of nitrogen functional groups attached to an aromatic ring is 1. The molecule has 1 amide bonds. The van der Waals surface area contributed by atoms with Crippen molar-refractivity contribution in [3.05, 3.63) is 70.1 Å². The van der Waals surface area contributed by atoms with Gasteiger partial charge in [0.25, 0.3) is 5.91 Å². The fourth-order valence-electron chi connectivity index (χ4n) is 2.26. The Morgan fingerprint density at radius 3 is 2.48 bits per heavy atom. The molecular weight excluding hydrogens is 379 g/mol. The number of nitrogens with two attached hydrogens (primary N) is 2. The van der Waals surface area contributed by atoms with Gasteiger partial charge in [-0.2, -0.15) is 0 Å². The van der Waals surface area contributed by atoms with Crippen molar-refractivity contribution in [1.29, 1.82) is 0 Å². The molecule has 8 heteroatoms. The van der Waals surface area contributed by atoms with Crippen LogP contribution < -0.4 is 11.5 Å². The molecule has 0 radical (unpaired) electrons. The van der Waals surface area contributed by atoms with Gasteiger partial charge >= 0.3 is 0 Å². The van der Waals surface area contributed by atoms with E-state index in [-0.39, 0.29) is 11.5 Å². The van der Waals surface area contributed by atoms with E-state index < -0.39 is 5.91 Å². The third-order valence-electron chi connectivity index (χ3n) is 3.50. The van der Waals surface area contributed by atoms with Gasteiger partial charge in [-0.3, -0.25) is 4.79 Å². The summed E-state index contributed by atoms with van der Waals surface area (Å²) >= 11 is 13.8. The van der Waals surface area contributed by atoms with Crippen LogP contribution in [0.4, 0.5) is 5.82 Å². The average molecular weight is 393 g/mol. The van der Waals surface area contributed by atoms with Gasteiger partial charge in [-0.05, 0) is 42.0 Å². The normalized spacial score (nSPS) is 10.8. The first-order valence-corrected chi connectivity index (χ1v) is 8.83. The van der Waals surface area contributed by atoms with Crippen LogP contribution in [0.2, 0.25) is 10.0 Å². The van der Waals surface area contributed by atoms with Gasteiger partial charge in [-0.15, -0.1) is 0 Å². The summed E-state index contributed by atoms with van der Waals surface area (Å²) < 4.78 is 1.65. The largest absolute Gasteiger partial charge is 0.383 e. The molecule has 0 aliphatic rings. The van der Waals surface area contributed by atoms with E-state index in [1.807, 2.05) is 42.5 Å². The van der Waals surface area contributed by atoms with E-state index in [1.165, 1.54) is 6.33 Å². The number of hydrogen-bond donors (Lipinski definition) is 2. The SMILES string of the molecule is NC(=O)c1ncn(Cc2ccc(Sc3ccc(Cl)cc3)c(Cl)c2)c1N. The Balaban J connectivity index is 1.78. The molecule has 3 rings (SSSR count). The zero-order valence-corrected chi connectivity index (χ0v) is 15.3. The molecule has 0 saturated carbocycles. The number of imidazole rings is 1. The second-order valence-corrected chi connectivity index (χ2v) is 7.25. The van der Waals surface area contributed by atoms with Crippen LogP contribution in [0.25, 0.3) is 0 Å². The topological polar surface area (TPSA) is 86.9 Å². The summed E-state index contributed by atoms with van der Waals surface area (Å²) in [4.78, 5) is 17.1. The second-order valence-electron chi connectivity index (χ2n) is 5.29. The van der Waals surface area contributed by atoms with E-state index in [1.54, 1.807) is 16.3 Å². The van der Waals surface area contributed by atoms with Crippen molar-refractivity contribution in [3.63, 3.8) is 0 Å². The molecule has 0 fully saturated rings. The summed E-state index contributed by atoms with van der Waals surface area (Å²) in [7, 11) is 0. The van der Waals surface area contributed by atoms with Crippen molar-refractivity contribution in [3.8, 4) is 0 Å². The minimum atomic E-state index is -0.649. The molecule has 4 N–H and O–H groups in total. The smallest absolute Gasteiger partial charge is 0.271 e. The van der Waals surface area contributed by atoms with Gasteiger partial charge in [0, 0.05) is 14.8 Å². The number of amides is 1. The number of hydrogen-bond acceptors (Lipinski definition) is 4. The third kappa shape index (κ3) is 4.10. The highest BCUT2D eigenvalue weighted by molar-refractivity contribution is 7.99. The van der Waals surface area contributed by atoms with Crippen molar-refractivity contribution in [2.45, 2.75) is 16.3 Å². The van der Waals surface area contributed by atoms with Crippen molar-refractivity contribution >= 4 is 46.7 Å². The van der Waals surface area contributed by atoms with Crippen LogP contribution >= 0.6 is 35.0 Å². The van der Waals surface area contributed by atoms with Crippen molar-refractivity contribution in [2.24, 2.45) is 5.73 Å². The van der Waals surface area contributed by atoms with E-state index in [0.717, 1.165) is 15.4 Å². The molecule has 0 aliphatic carbocycles. The molecule has 3 aromatic rings. The van der Waals surface area contributed by atoms with E-state index in [9.17, 15) is 4.79 Å². The van der Waals surface area contributed by atoms with Gasteiger partial charge in [-0.25, -0.2) is 4.98 Å². The van der Waals surface area contributed by atoms with Crippen molar-refractivity contribution < 1.29 is 4.79 Å². The van der Waals surface area contributed by atoms with Crippen LogP contribution in [0, 0.1) is 0 Å². The van der Waals surface area contributed by atoms with Gasteiger partial charge in [0.2, 0.25) is 0 Å². The Bertz CT molecular complexity index is 925. The Kier molecular flexibility index (Phi) is 5.22. The third-order valence-corrected chi connectivity index (χ3v) is 5.26. The predicted molar refractivity (Wildman–Crippen MR) is 101 cm³/mol. The number of anilines is 1. The van der Waals surface area contributed by atoms with Crippen LogP contribution in [0.3, 0.4) is 0 Å². The zero-order chi connectivity index (χ0) is 18.0. The second kappa shape index (κ2) is 7.39. The van der Waals surface area contributed by atoms with E-state index in [4.69, 9.17) is 34.7 Å². The van der Waals surface area contributed by atoms with Crippen molar-refractivity contribution in [2.75, 3.05) is 5.73 Å². The van der Waals surface area contributed by atoms with Crippen LogP contribution in [0.15, 0.2) is 58.6 Å². The first-order chi connectivity index (χ1) is 11.9. The standard InChI is InChI=1S/C17H14Cl2N4OS/c18-11-2-4-12(5-3-11)25-14-6-1-10(7-13(14)19)8-23-9-22-15(16(23)20)17(21)24/h1-7,9H,8,20H2,(H2,21,24). The molecule has 25 heavy (non-hydrogen) atoms. The highest BCUT2D eigenvalue weighted by Crippen LogP contribution is 2.34. The summed E-state index contributed by atoms with van der Waals surface area (Å²) in [5.74, 6) is -0.410.